The molecule has 3 nitrogen and oxygen atoms in total. The van der Waals surface area contributed by atoms with Gasteiger partial charge in [-0.3, -0.25) is 4.98 Å². The molecule has 0 atom stereocenters. The summed E-state index contributed by atoms with van der Waals surface area (Å²) in [4.78, 5) is 4.54. The first-order chi connectivity index (χ1) is 9.30. The summed E-state index contributed by atoms with van der Waals surface area (Å²) >= 11 is 0. The van der Waals surface area contributed by atoms with Crippen molar-refractivity contribution >= 4 is 12.7 Å². The van der Waals surface area contributed by atoms with Crippen molar-refractivity contribution < 1.29 is 9.31 Å². The molecule has 2 aliphatic rings. The molecule has 4 heteroatoms. The number of aromatic nitrogens is 1. The zero-order chi connectivity index (χ0) is 14.5. The lowest BCUT2D eigenvalue weighted by molar-refractivity contribution is 0.00578. The van der Waals surface area contributed by atoms with Crippen LogP contribution in [0.5, 0.6) is 0 Å². The minimum absolute atomic E-state index is 0.305. The van der Waals surface area contributed by atoms with Crippen molar-refractivity contribution in [2.24, 2.45) is 0 Å². The summed E-state index contributed by atoms with van der Waals surface area (Å²) in [7, 11) is -0.348. The maximum absolute atomic E-state index is 6.09. The Kier molecular flexibility index (Phi) is 3.22. The predicted octanol–water partition coefficient (Wildman–Crippen LogP) is 2.96. The van der Waals surface area contributed by atoms with Gasteiger partial charge in [0.25, 0.3) is 0 Å². The summed E-state index contributed by atoms with van der Waals surface area (Å²) in [5, 5.41) is 0. The highest BCUT2D eigenvalue weighted by atomic mass is 16.7. The van der Waals surface area contributed by atoms with Crippen LogP contribution in [0, 0.1) is 6.92 Å². The van der Waals surface area contributed by atoms with Crippen LogP contribution in [0.15, 0.2) is 12.3 Å². The maximum Gasteiger partial charge on any atom is 0.514 e. The first-order valence-electron chi connectivity index (χ1n) is 7.62. The van der Waals surface area contributed by atoms with Crippen molar-refractivity contribution in [2.45, 2.75) is 71.0 Å². The van der Waals surface area contributed by atoms with E-state index in [1.54, 1.807) is 0 Å². The number of rotatable bonds is 2. The highest BCUT2D eigenvalue weighted by molar-refractivity contribution is 6.61. The Morgan fingerprint density at radius 3 is 2.25 bits per heavy atom. The summed E-state index contributed by atoms with van der Waals surface area (Å²) in [6.07, 6.45) is 5.91. The molecule has 1 aliphatic carbocycles. The molecule has 20 heavy (non-hydrogen) atoms. The van der Waals surface area contributed by atoms with Crippen molar-refractivity contribution in [2.75, 3.05) is 0 Å². The highest BCUT2D eigenvalue weighted by Gasteiger charge is 2.52. The molecule has 0 radical (unpaired) electrons. The highest BCUT2D eigenvalue weighted by Crippen LogP contribution is 2.39. The fourth-order valence-electron chi connectivity index (χ4n) is 2.81. The smallest absolute Gasteiger partial charge is 0.398 e. The van der Waals surface area contributed by atoms with Gasteiger partial charge in [0.05, 0.1) is 16.8 Å². The molecular weight excluding hydrogens is 249 g/mol. The minimum Gasteiger partial charge on any atom is -0.398 e. The van der Waals surface area contributed by atoms with Gasteiger partial charge < -0.3 is 9.31 Å². The van der Waals surface area contributed by atoms with Gasteiger partial charge in [0.2, 0.25) is 0 Å². The molecule has 0 amide bonds. The van der Waals surface area contributed by atoms with Crippen LogP contribution in [-0.2, 0) is 9.31 Å². The molecule has 2 fully saturated rings. The zero-order valence-corrected chi connectivity index (χ0v) is 13.2. The summed E-state index contributed by atoms with van der Waals surface area (Å²) in [6, 6.07) is 2.20. The molecule has 108 valence electrons. The minimum atomic E-state index is -0.348. The van der Waals surface area contributed by atoms with Gasteiger partial charge in [-0.05, 0) is 70.6 Å². The largest absolute Gasteiger partial charge is 0.514 e. The third-order valence-corrected chi connectivity index (χ3v) is 5.21. The summed E-state index contributed by atoms with van der Waals surface area (Å²) in [5.41, 5.74) is 3.02. The molecule has 1 aliphatic heterocycles. The van der Waals surface area contributed by atoms with E-state index in [9.17, 15) is 0 Å². The summed E-state index contributed by atoms with van der Waals surface area (Å²) in [6.45, 7) is 10.5. The number of pyridine rings is 1. The van der Waals surface area contributed by atoms with Gasteiger partial charge in [0.15, 0.2) is 0 Å². The van der Waals surface area contributed by atoms with Crippen LogP contribution in [0.25, 0.3) is 0 Å². The summed E-state index contributed by atoms with van der Waals surface area (Å²) in [5.74, 6) is 0.708. The molecule has 0 spiro atoms. The number of nitrogens with zero attached hydrogens (tertiary/aromatic N) is 1. The molecule has 2 heterocycles. The first-order valence-corrected chi connectivity index (χ1v) is 7.62. The lowest BCUT2D eigenvalue weighted by Gasteiger charge is -2.32. The van der Waals surface area contributed by atoms with E-state index in [2.05, 4.69) is 45.7 Å². The molecule has 0 bridgehead atoms. The van der Waals surface area contributed by atoms with E-state index in [4.69, 9.17) is 9.31 Å². The van der Waals surface area contributed by atoms with Crippen LogP contribution in [0.4, 0.5) is 0 Å². The van der Waals surface area contributed by atoms with Crippen molar-refractivity contribution in [3.05, 3.63) is 23.4 Å². The van der Waals surface area contributed by atoms with Gasteiger partial charge in [0.1, 0.15) is 0 Å². The van der Waals surface area contributed by atoms with Crippen LogP contribution < -0.4 is 5.59 Å². The first kappa shape index (κ1) is 14.1. The van der Waals surface area contributed by atoms with E-state index in [-0.39, 0.29) is 18.3 Å². The normalized spacial score (nSPS) is 24.8. The van der Waals surface area contributed by atoms with Gasteiger partial charge in [-0.1, -0.05) is 6.42 Å². The van der Waals surface area contributed by atoms with Gasteiger partial charge >= 0.3 is 7.12 Å². The maximum atomic E-state index is 6.09. The topological polar surface area (TPSA) is 31.4 Å². The molecule has 0 aromatic carbocycles. The van der Waals surface area contributed by atoms with Crippen molar-refractivity contribution in [1.29, 1.82) is 0 Å². The Morgan fingerprint density at radius 1 is 1.15 bits per heavy atom. The average molecular weight is 273 g/mol. The molecule has 1 saturated carbocycles. The van der Waals surface area contributed by atoms with Crippen LogP contribution in [0.1, 0.15) is 64.0 Å². The van der Waals surface area contributed by atoms with Crippen LogP contribution in [-0.4, -0.2) is 23.3 Å². The van der Waals surface area contributed by atoms with Gasteiger partial charge in [-0.15, -0.1) is 0 Å². The third-order valence-electron chi connectivity index (χ3n) is 5.21. The van der Waals surface area contributed by atoms with Crippen LogP contribution >= 0.6 is 0 Å². The Bertz CT molecular complexity index is 507. The molecule has 0 unspecified atom stereocenters. The predicted molar refractivity (Wildman–Crippen MR) is 81.3 cm³/mol. The van der Waals surface area contributed by atoms with E-state index in [1.165, 1.54) is 30.4 Å². The van der Waals surface area contributed by atoms with E-state index in [1.807, 2.05) is 6.20 Å². The summed E-state index contributed by atoms with van der Waals surface area (Å²) < 4.78 is 12.2. The molecule has 3 rings (SSSR count). The van der Waals surface area contributed by atoms with E-state index >= 15 is 0 Å². The van der Waals surface area contributed by atoms with Crippen LogP contribution in [0.3, 0.4) is 0 Å². The molecular formula is C16H24BNO2. The van der Waals surface area contributed by atoms with Crippen molar-refractivity contribution in [1.82, 2.24) is 4.98 Å². The second-order valence-corrected chi connectivity index (χ2v) is 7.18. The van der Waals surface area contributed by atoms with Gasteiger partial charge in [0, 0.05) is 6.20 Å². The van der Waals surface area contributed by atoms with Crippen molar-refractivity contribution in [3.8, 4) is 0 Å². The van der Waals surface area contributed by atoms with Gasteiger partial charge in [-0.25, -0.2) is 0 Å². The zero-order valence-electron chi connectivity index (χ0n) is 13.2. The quantitative estimate of drug-likeness (QED) is 0.776. The van der Waals surface area contributed by atoms with Crippen molar-refractivity contribution in [3.63, 3.8) is 0 Å². The van der Waals surface area contributed by atoms with E-state index < -0.39 is 0 Å². The van der Waals surface area contributed by atoms with E-state index in [0.29, 0.717) is 5.92 Å². The lowest BCUT2D eigenvalue weighted by Crippen LogP contribution is -2.41. The second-order valence-electron chi connectivity index (χ2n) is 7.18. The Hall–Kier alpha value is -0.865. The van der Waals surface area contributed by atoms with E-state index in [0.717, 1.165) is 5.59 Å². The average Bonchev–Trinajstić information content (AvgIpc) is 2.49. The number of hydrogen-bond acceptors (Lipinski definition) is 3. The Labute approximate surface area is 122 Å². The SMILES string of the molecule is Cc1cnc(B2OC(C)(C)C(C)(C)O2)cc1C1CCC1. The standard InChI is InChI=1S/C16H24BNO2/c1-11-10-18-14(9-13(11)12-7-6-8-12)17-19-15(2,3)16(4,5)20-17/h9-10,12H,6-8H2,1-5H3. The monoisotopic (exact) mass is 273 g/mol. The van der Waals surface area contributed by atoms with Crippen LogP contribution in [0.2, 0.25) is 0 Å². The Morgan fingerprint density at radius 2 is 1.75 bits per heavy atom. The molecule has 1 saturated heterocycles. The number of hydrogen-bond donors (Lipinski definition) is 0. The molecule has 1 aromatic rings. The molecule has 1 aromatic heterocycles. The molecule has 0 N–H and O–H groups in total. The second kappa shape index (κ2) is 4.57. The lowest BCUT2D eigenvalue weighted by atomic mass is 9.75. The fraction of sp³-hybridized carbons (Fsp3) is 0.688. The fourth-order valence-corrected chi connectivity index (χ4v) is 2.81. The third kappa shape index (κ3) is 2.19. The number of aryl methyl sites for hydroxylation is 1. The Balaban J connectivity index is 1.88. The van der Waals surface area contributed by atoms with Gasteiger partial charge in [-0.2, -0.15) is 0 Å².